The fraction of sp³-hybridized carbons (Fsp3) is 0.500. The highest BCUT2D eigenvalue weighted by atomic mass is 16.5. The number of benzene rings is 1. The van der Waals surface area contributed by atoms with E-state index >= 15 is 0 Å². The van der Waals surface area contributed by atoms with Crippen LogP contribution in [-0.2, 0) is 11.2 Å². The second-order valence-electron chi connectivity index (χ2n) is 4.61. The Balaban J connectivity index is 1.78. The summed E-state index contributed by atoms with van der Waals surface area (Å²) in [5.74, 6) is 0. The summed E-state index contributed by atoms with van der Waals surface area (Å²) in [5.41, 5.74) is 4.12. The highest BCUT2D eigenvalue weighted by Crippen LogP contribution is 2.29. The van der Waals surface area contributed by atoms with Crippen molar-refractivity contribution in [3.05, 3.63) is 29.3 Å². The maximum Gasteiger partial charge on any atom is 0.0924 e. The molecule has 90 valence electrons. The summed E-state index contributed by atoms with van der Waals surface area (Å²) in [4.78, 5) is 6.75. The van der Waals surface area contributed by atoms with Crippen molar-refractivity contribution in [3.63, 3.8) is 0 Å². The summed E-state index contributed by atoms with van der Waals surface area (Å²) in [5, 5.41) is 0. The van der Waals surface area contributed by atoms with E-state index in [2.05, 4.69) is 35.0 Å². The first kappa shape index (κ1) is 10.8. The summed E-state index contributed by atoms with van der Waals surface area (Å²) in [6.07, 6.45) is 3.49. The Bertz CT molecular complexity index is 436. The molecule has 3 heteroatoms. The molecule has 1 saturated heterocycles. The summed E-state index contributed by atoms with van der Waals surface area (Å²) >= 11 is 0. The first-order valence-electron chi connectivity index (χ1n) is 6.36. The first-order chi connectivity index (χ1) is 8.38. The van der Waals surface area contributed by atoms with Crippen molar-refractivity contribution >= 4 is 11.9 Å². The molecule has 0 aromatic heterocycles. The summed E-state index contributed by atoms with van der Waals surface area (Å²) in [6.45, 7) is 5.86. The largest absolute Gasteiger partial charge is 0.375 e. The molecule has 1 aromatic rings. The monoisotopic (exact) mass is 230 g/mol. The summed E-state index contributed by atoms with van der Waals surface area (Å²) < 4.78 is 5.61. The van der Waals surface area contributed by atoms with Crippen molar-refractivity contribution in [3.8, 4) is 0 Å². The van der Waals surface area contributed by atoms with E-state index < -0.39 is 0 Å². The third kappa shape index (κ3) is 1.95. The van der Waals surface area contributed by atoms with Gasteiger partial charge in [-0.2, -0.15) is 0 Å². The van der Waals surface area contributed by atoms with Gasteiger partial charge in [-0.1, -0.05) is 12.1 Å². The molecule has 0 N–H and O–H groups in total. The molecule has 0 amide bonds. The molecule has 0 aliphatic carbocycles. The standard InChI is InChI=1S/C14H18N2O/c1-2-17-12-9-16(10-12)14-5-3-4-11-8-15-7-6-13(11)14/h3-5,8,12H,2,6-7,9-10H2,1H3. The van der Waals surface area contributed by atoms with Crippen LogP contribution < -0.4 is 4.90 Å². The molecule has 0 atom stereocenters. The Morgan fingerprint density at radius 1 is 1.41 bits per heavy atom. The van der Waals surface area contributed by atoms with Crippen LogP contribution in [0.3, 0.4) is 0 Å². The van der Waals surface area contributed by atoms with Gasteiger partial charge in [-0.25, -0.2) is 0 Å². The van der Waals surface area contributed by atoms with Gasteiger partial charge in [0.2, 0.25) is 0 Å². The van der Waals surface area contributed by atoms with Crippen LogP contribution >= 0.6 is 0 Å². The van der Waals surface area contributed by atoms with Gasteiger partial charge in [-0.05, 0) is 30.5 Å². The second kappa shape index (κ2) is 4.49. The number of nitrogens with zero attached hydrogens (tertiary/aromatic N) is 2. The number of aliphatic imine (C=N–C) groups is 1. The fourth-order valence-corrected chi connectivity index (χ4v) is 2.60. The maximum atomic E-state index is 5.61. The lowest BCUT2D eigenvalue weighted by atomic mass is 9.98. The molecule has 3 rings (SSSR count). The van der Waals surface area contributed by atoms with Crippen LogP contribution in [-0.4, -0.2) is 38.6 Å². The van der Waals surface area contributed by atoms with Gasteiger partial charge in [0, 0.05) is 38.1 Å². The molecule has 2 aliphatic heterocycles. The van der Waals surface area contributed by atoms with Crippen molar-refractivity contribution in [2.75, 3.05) is 31.1 Å². The quantitative estimate of drug-likeness (QED) is 0.792. The lowest BCUT2D eigenvalue weighted by molar-refractivity contribution is 0.0430. The van der Waals surface area contributed by atoms with E-state index in [9.17, 15) is 0 Å². The van der Waals surface area contributed by atoms with Crippen molar-refractivity contribution < 1.29 is 4.74 Å². The minimum atomic E-state index is 0.424. The third-order valence-corrected chi connectivity index (χ3v) is 3.50. The van der Waals surface area contributed by atoms with E-state index in [1.54, 1.807) is 0 Å². The molecule has 0 saturated carbocycles. The Labute approximate surface area is 102 Å². The van der Waals surface area contributed by atoms with E-state index in [0.717, 1.165) is 32.7 Å². The normalized spacial score (nSPS) is 19.0. The Morgan fingerprint density at radius 2 is 2.29 bits per heavy atom. The number of ether oxygens (including phenoxy) is 1. The van der Waals surface area contributed by atoms with Gasteiger partial charge in [0.05, 0.1) is 6.10 Å². The van der Waals surface area contributed by atoms with Crippen molar-refractivity contribution in [2.45, 2.75) is 19.4 Å². The molecular formula is C14H18N2O. The van der Waals surface area contributed by atoms with E-state index in [0.29, 0.717) is 6.10 Å². The minimum Gasteiger partial charge on any atom is -0.375 e. The van der Waals surface area contributed by atoms with E-state index in [1.807, 2.05) is 6.21 Å². The Kier molecular flexibility index (Phi) is 2.85. The first-order valence-corrected chi connectivity index (χ1v) is 6.36. The van der Waals surface area contributed by atoms with Gasteiger partial charge in [0.1, 0.15) is 0 Å². The Hall–Kier alpha value is -1.35. The summed E-state index contributed by atoms with van der Waals surface area (Å²) in [7, 11) is 0. The van der Waals surface area contributed by atoms with E-state index in [4.69, 9.17) is 4.74 Å². The van der Waals surface area contributed by atoms with Gasteiger partial charge in [-0.3, -0.25) is 4.99 Å². The number of hydrogen-bond acceptors (Lipinski definition) is 3. The molecular weight excluding hydrogens is 212 g/mol. The predicted octanol–water partition coefficient (Wildman–Crippen LogP) is 1.89. The van der Waals surface area contributed by atoms with Gasteiger partial charge in [0.25, 0.3) is 0 Å². The molecule has 1 aromatic carbocycles. The maximum absolute atomic E-state index is 5.61. The smallest absolute Gasteiger partial charge is 0.0924 e. The molecule has 0 spiro atoms. The van der Waals surface area contributed by atoms with Gasteiger partial charge in [0.15, 0.2) is 0 Å². The molecule has 17 heavy (non-hydrogen) atoms. The van der Waals surface area contributed by atoms with Crippen LogP contribution in [0, 0.1) is 0 Å². The fourth-order valence-electron chi connectivity index (χ4n) is 2.60. The van der Waals surface area contributed by atoms with Crippen LogP contribution in [0.15, 0.2) is 23.2 Å². The Morgan fingerprint density at radius 3 is 3.12 bits per heavy atom. The van der Waals surface area contributed by atoms with Gasteiger partial charge in [-0.15, -0.1) is 0 Å². The van der Waals surface area contributed by atoms with E-state index in [1.165, 1.54) is 16.8 Å². The molecule has 2 aliphatic rings. The zero-order chi connectivity index (χ0) is 11.7. The highest BCUT2D eigenvalue weighted by Gasteiger charge is 2.29. The molecule has 2 heterocycles. The van der Waals surface area contributed by atoms with Crippen LogP contribution in [0.4, 0.5) is 5.69 Å². The zero-order valence-electron chi connectivity index (χ0n) is 10.2. The highest BCUT2D eigenvalue weighted by molar-refractivity contribution is 5.86. The number of anilines is 1. The van der Waals surface area contributed by atoms with Crippen LogP contribution in [0.25, 0.3) is 0 Å². The SMILES string of the molecule is CCOC1CN(c2cccc3c2CCN=C3)C1. The number of rotatable bonds is 3. The average Bonchev–Trinajstić information content (AvgIpc) is 2.33. The average molecular weight is 230 g/mol. The van der Waals surface area contributed by atoms with Crippen molar-refractivity contribution in [2.24, 2.45) is 4.99 Å². The lowest BCUT2D eigenvalue weighted by Crippen LogP contribution is -2.52. The van der Waals surface area contributed by atoms with Crippen molar-refractivity contribution in [1.29, 1.82) is 0 Å². The summed E-state index contributed by atoms with van der Waals surface area (Å²) in [6, 6.07) is 6.50. The van der Waals surface area contributed by atoms with Crippen LogP contribution in [0.1, 0.15) is 18.1 Å². The van der Waals surface area contributed by atoms with Crippen molar-refractivity contribution in [1.82, 2.24) is 0 Å². The lowest BCUT2D eigenvalue weighted by Gasteiger charge is -2.42. The van der Waals surface area contributed by atoms with Crippen LogP contribution in [0.2, 0.25) is 0 Å². The molecule has 0 radical (unpaired) electrons. The second-order valence-corrected chi connectivity index (χ2v) is 4.61. The zero-order valence-corrected chi connectivity index (χ0v) is 10.2. The topological polar surface area (TPSA) is 24.8 Å². The third-order valence-electron chi connectivity index (χ3n) is 3.50. The molecule has 3 nitrogen and oxygen atoms in total. The van der Waals surface area contributed by atoms with Gasteiger partial charge < -0.3 is 9.64 Å². The molecule has 1 fully saturated rings. The number of fused-ring (bicyclic) bond motifs is 1. The van der Waals surface area contributed by atoms with E-state index in [-0.39, 0.29) is 0 Å². The van der Waals surface area contributed by atoms with Crippen LogP contribution in [0.5, 0.6) is 0 Å². The van der Waals surface area contributed by atoms with Gasteiger partial charge >= 0.3 is 0 Å². The predicted molar refractivity (Wildman–Crippen MR) is 70.2 cm³/mol. The molecule has 0 bridgehead atoms. The number of hydrogen-bond donors (Lipinski definition) is 0. The molecule has 0 unspecified atom stereocenters. The minimum absolute atomic E-state index is 0.424.